The summed E-state index contributed by atoms with van der Waals surface area (Å²) in [6, 6.07) is 4.14. The van der Waals surface area contributed by atoms with Crippen molar-refractivity contribution in [3.63, 3.8) is 0 Å². The number of nitrogens with two attached hydrogens (primary N) is 2. The molecule has 1 unspecified atom stereocenters. The number of primary amides is 1. The smallest absolute Gasteiger partial charge is 0.328 e. The monoisotopic (exact) mass is 279 g/mol. The summed E-state index contributed by atoms with van der Waals surface area (Å²) in [5, 5.41) is 3.00. The third kappa shape index (κ3) is 4.15. The van der Waals surface area contributed by atoms with Crippen LogP contribution >= 0.6 is 0 Å². The molecule has 0 aliphatic carbocycles. The highest BCUT2D eigenvalue weighted by Crippen LogP contribution is 2.21. The molecule has 20 heavy (non-hydrogen) atoms. The Bertz CT molecular complexity index is 500. The molecule has 1 aromatic carbocycles. The Morgan fingerprint density at radius 2 is 2.00 bits per heavy atom. The molecule has 1 rings (SSSR count). The molecule has 6 nitrogen and oxygen atoms in total. The molecule has 0 radical (unpaired) electrons. The van der Waals surface area contributed by atoms with E-state index in [1.54, 1.807) is 12.1 Å². The summed E-state index contributed by atoms with van der Waals surface area (Å²) in [5.74, 6) is -0.693. The van der Waals surface area contributed by atoms with E-state index in [-0.39, 0.29) is 11.5 Å². The first-order valence-electron chi connectivity index (χ1n) is 6.38. The standard InChI is InChI=1S/C14H21N3O3/c1-8(2)6-12(14(19)20-3)17-11-7-9(15)4-5-10(11)13(16)18/h4-5,7-8,12,17H,6,15H2,1-3H3,(H2,16,18). The Morgan fingerprint density at radius 3 is 2.50 bits per heavy atom. The number of hydrogen-bond donors (Lipinski definition) is 3. The normalized spacial score (nSPS) is 12.0. The zero-order valence-corrected chi connectivity index (χ0v) is 12.0. The highest BCUT2D eigenvalue weighted by atomic mass is 16.5. The minimum absolute atomic E-state index is 0.282. The maximum atomic E-state index is 11.8. The average molecular weight is 279 g/mol. The third-order valence-corrected chi connectivity index (χ3v) is 2.83. The number of carbonyl (C=O) groups is 2. The summed E-state index contributed by atoms with van der Waals surface area (Å²) in [6.45, 7) is 3.98. The van der Waals surface area contributed by atoms with E-state index in [2.05, 4.69) is 5.32 Å². The van der Waals surface area contributed by atoms with E-state index in [0.717, 1.165) is 0 Å². The van der Waals surface area contributed by atoms with E-state index < -0.39 is 17.9 Å². The van der Waals surface area contributed by atoms with Gasteiger partial charge in [0.05, 0.1) is 12.7 Å². The fraction of sp³-hybridized carbons (Fsp3) is 0.429. The molecular formula is C14H21N3O3. The van der Waals surface area contributed by atoms with Crippen LogP contribution in [-0.4, -0.2) is 25.0 Å². The van der Waals surface area contributed by atoms with Crippen molar-refractivity contribution < 1.29 is 14.3 Å². The fourth-order valence-electron chi connectivity index (χ4n) is 1.91. The van der Waals surface area contributed by atoms with Crippen molar-refractivity contribution >= 4 is 23.3 Å². The second-order valence-electron chi connectivity index (χ2n) is 5.02. The SMILES string of the molecule is COC(=O)C(CC(C)C)Nc1cc(N)ccc1C(N)=O. The summed E-state index contributed by atoms with van der Waals surface area (Å²) < 4.78 is 4.77. The topological polar surface area (TPSA) is 107 Å². The molecule has 110 valence electrons. The first kappa shape index (κ1) is 15.8. The molecule has 0 aliphatic heterocycles. The van der Waals surface area contributed by atoms with Gasteiger partial charge in [0.25, 0.3) is 5.91 Å². The molecule has 0 spiro atoms. The lowest BCUT2D eigenvalue weighted by atomic mass is 10.0. The highest BCUT2D eigenvalue weighted by Gasteiger charge is 2.22. The van der Waals surface area contributed by atoms with Crippen LogP contribution in [0.5, 0.6) is 0 Å². The number of ether oxygens (including phenoxy) is 1. The van der Waals surface area contributed by atoms with Crippen LogP contribution < -0.4 is 16.8 Å². The molecule has 5 N–H and O–H groups in total. The Balaban J connectivity index is 3.06. The number of anilines is 2. The molecule has 1 atom stereocenters. The van der Waals surface area contributed by atoms with Gasteiger partial charge in [0.2, 0.25) is 0 Å². The average Bonchev–Trinajstić information content (AvgIpc) is 2.36. The van der Waals surface area contributed by atoms with Crippen LogP contribution in [0.15, 0.2) is 18.2 Å². The van der Waals surface area contributed by atoms with Gasteiger partial charge < -0.3 is 21.5 Å². The van der Waals surface area contributed by atoms with Gasteiger partial charge in [-0.25, -0.2) is 4.79 Å². The second kappa shape index (κ2) is 6.79. The van der Waals surface area contributed by atoms with Crippen LogP contribution in [0.2, 0.25) is 0 Å². The van der Waals surface area contributed by atoms with Crippen molar-refractivity contribution in [3.8, 4) is 0 Å². The predicted octanol–water partition coefficient (Wildman–Crippen LogP) is 1.37. The van der Waals surface area contributed by atoms with Crippen LogP contribution in [0.4, 0.5) is 11.4 Å². The van der Waals surface area contributed by atoms with E-state index in [9.17, 15) is 9.59 Å². The number of nitrogen functional groups attached to an aromatic ring is 1. The lowest BCUT2D eigenvalue weighted by Crippen LogP contribution is -2.33. The van der Waals surface area contributed by atoms with Crippen LogP contribution in [0.3, 0.4) is 0 Å². The van der Waals surface area contributed by atoms with E-state index in [0.29, 0.717) is 17.8 Å². The van der Waals surface area contributed by atoms with Crippen molar-refractivity contribution in [2.24, 2.45) is 11.7 Å². The van der Waals surface area contributed by atoms with Crippen molar-refractivity contribution in [3.05, 3.63) is 23.8 Å². The minimum atomic E-state index is -0.583. The van der Waals surface area contributed by atoms with Gasteiger partial charge in [-0.3, -0.25) is 4.79 Å². The zero-order chi connectivity index (χ0) is 15.3. The summed E-state index contributed by atoms with van der Waals surface area (Å²) >= 11 is 0. The van der Waals surface area contributed by atoms with Crippen molar-refractivity contribution in [1.82, 2.24) is 0 Å². The second-order valence-corrected chi connectivity index (χ2v) is 5.02. The Labute approximate surface area is 118 Å². The van der Waals surface area contributed by atoms with Crippen LogP contribution in [-0.2, 0) is 9.53 Å². The van der Waals surface area contributed by atoms with Gasteiger partial charge in [0.15, 0.2) is 0 Å². The quantitative estimate of drug-likeness (QED) is 0.538. The van der Waals surface area contributed by atoms with Gasteiger partial charge in [0.1, 0.15) is 6.04 Å². The van der Waals surface area contributed by atoms with Crippen LogP contribution in [0, 0.1) is 5.92 Å². The van der Waals surface area contributed by atoms with Crippen molar-refractivity contribution in [2.75, 3.05) is 18.2 Å². The van der Waals surface area contributed by atoms with Gasteiger partial charge in [0, 0.05) is 11.4 Å². The Hall–Kier alpha value is -2.24. The Morgan fingerprint density at radius 1 is 1.35 bits per heavy atom. The van der Waals surface area contributed by atoms with Crippen molar-refractivity contribution in [2.45, 2.75) is 26.3 Å². The number of rotatable bonds is 6. The van der Waals surface area contributed by atoms with E-state index in [1.165, 1.54) is 13.2 Å². The van der Waals surface area contributed by atoms with E-state index >= 15 is 0 Å². The number of amides is 1. The molecule has 0 fully saturated rings. The zero-order valence-electron chi connectivity index (χ0n) is 12.0. The lowest BCUT2D eigenvalue weighted by Gasteiger charge is -2.21. The maximum Gasteiger partial charge on any atom is 0.328 e. The largest absolute Gasteiger partial charge is 0.467 e. The van der Waals surface area contributed by atoms with Crippen LogP contribution in [0.25, 0.3) is 0 Å². The molecule has 0 aromatic heterocycles. The summed E-state index contributed by atoms with van der Waals surface area (Å²) in [6.07, 6.45) is 0.569. The van der Waals surface area contributed by atoms with Gasteiger partial charge in [-0.15, -0.1) is 0 Å². The summed E-state index contributed by atoms with van der Waals surface area (Å²) in [4.78, 5) is 23.2. The van der Waals surface area contributed by atoms with Crippen LogP contribution in [0.1, 0.15) is 30.6 Å². The Kier molecular flexibility index (Phi) is 5.37. The molecule has 0 heterocycles. The number of nitrogens with one attached hydrogen (secondary N) is 1. The van der Waals surface area contributed by atoms with Gasteiger partial charge in [-0.2, -0.15) is 0 Å². The molecular weight excluding hydrogens is 258 g/mol. The van der Waals surface area contributed by atoms with E-state index in [1.807, 2.05) is 13.8 Å². The number of hydrogen-bond acceptors (Lipinski definition) is 5. The molecule has 1 amide bonds. The van der Waals surface area contributed by atoms with Gasteiger partial charge in [-0.1, -0.05) is 13.8 Å². The number of methoxy groups -OCH3 is 1. The first-order chi connectivity index (χ1) is 9.35. The molecule has 0 bridgehead atoms. The number of esters is 1. The minimum Gasteiger partial charge on any atom is -0.467 e. The predicted molar refractivity (Wildman–Crippen MR) is 78.3 cm³/mol. The van der Waals surface area contributed by atoms with Crippen molar-refractivity contribution in [1.29, 1.82) is 0 Å². The number of carbonyl (C=O) groups excluding carboxylic acids is 2. The molecule has 0 aliphatic rings. The summed E-state index contributed by atoms with van der Waals surface area (Å²) in [7, 11) is 1.33. The van der Waals surface area contributed by atoms with Gasteiger partial charge in [-0.05, 0) is 30.5 Å². The lowest BCUT2D eigenvalue weighted by molar-refractivity contribution is -0.141. The molecule has 0 saturated heterocycles. The summed E-state index contributed by atoms with van der Waals surface area (Å²) in [5.41, 5.74) is 12.2. The van der Waals surface area contributed by atoms with Gasteiger partial charge >= 0.3 is 5.97 Å². The third-order valence-electron chi connectivity index (χ3n) is 2.83. The van der Waals surface area contributed by atoms with E-state index in [4.69, 9.17) is 16.2 Å². The fourth-order valence-corrected chi connectivity index (χ4v) is 1.91. The first-order valence-corrected chi connectivity index (χ1v) is 6.38. The molecule has 6 heteroatoms. The maximum absolute atomic E-state index is 11.8. The molecule has 0 saturated carbocycles. The number of benzene rings is 1. The molecule has 1 aromatic rings. The highest BCUT2D eigenvalue weighted by molar-refractivity contribution is 5.99.